The fourth-order valence-electron chi connectivity index (χ4n) is 3.58. The fourth-order valence-corrected chi connectivity index (χ4v) is 4.17. The standard InChI is InChI=1S/C25H24Cl2N4O4/c1-4-5-6-7-8-17(15-9-18(22(13-28)30-32)24(34-2)20(26)11-15)16-10-19(23(14-29)31-33)25(35-3)21(27)12-16/h8-12,32-33H,4-7H2,1-3H3/b30-22+,31-23+. The van der Waals surface area contributed by atoms with Crippen molar-refractivity contribution >= 4 is 40.2 Å². The molecule has 0 unspecified atom stereocenters. The number of rotatable bonds is 10. The second-order valence-electron chi connectivity index (χ2n) is 7.31. The second-order valence-corrected chi connectivity index (χ2v) is 8.13. The van der Waals surface area contributed by atoms with Crippen LogP contribution in [0.15, 0.2) is 40.7 Å². The molecule has 0 radical (unpaired) electrons. The highest BCUT2D eigenvalue weighted by Crippen LogP contribution is 2.39. The van der Waals surface area contributed by atoms with E-state index in [-0.39, 0.29) is 44.1 Å². The van der Waals surface area contributed by atoms with Gasteiger partial charge >= 0.3 is 0 Å². The zero-order chi connectivity index (χ0) is 26.0. The van der Waals surface area contributed by atoms with Crippen molar-refractivity contribution in [3.63, 3.8) is 0 Å². The Bertz CT molecular complexity index is 1170. The lowest BCUT2D eigenvalue weighted by atomic mass is 9.92. The van der Waals surface area contributed by atoms with Crippen molar-refractivity contribution in [3.05, 3.63) is 62.6 Å². The lowest BCUT2D eigenvalue weighted by molar-refractivity contribution is 0.319. The van der Waals surface area contributed by atoms with E-state index in [2.05, 4.69) is 17.2 Å². The Hall–Kier alpha value is -3.72. The van der Waals surface area contributed by atoms with Crippen LogP contribution in [0.1, 0.15) is 54.9 Å². The molecule has 10 heteroatoms. The van der Waals surface area contributed by atoms with E-state index in [4.69, 9.17) is 32.7 Å². The van der Waals surface area contributed by atoms with E-state index in [0.29, 0.717) is 16.7 Å². The third-order valence-electron chi connectivity index (χ3n) is 5.20. The van der Waals surface area contributed by atoms with Crippen molar-refractivity contribution in [2.45, 2.75) is 32.6 Å². The third-order valence-corrected chi connectivity index (χ3v) is 5.76. The van der Waals surface area contributed by atoms with Crippen LogP contribution in [0.4, 0.5) is 0 Å². The zero-order valence-electron chi connectivity index (χ0n) is 19.5. The number of allylic oxidation sites excluding steroid dienone is 1. The van der Waals surface area contributed by atoms with E-state index in [1.165, 1.54) is 14.2 Å². The van der Waals surface area contributed by atoms with Crippen molar-refractivity contribution in [3.8, 4) is 23.6 Å². The van der Waals surface area contributed by atoms with Gasteiger partial charge in [0, 0.05) is 0 Å². The Morgan fingerprint density at radius 2 is 1.34 bits per heavy atom. The molecule has 0 amide bonds. The first-order valence-corrected chi connectivity index (χ1v) is 11.4. The Morgan fingerprint density at radius 3 is 1.69 bits per heavy atom. The summed E-state index contributed by atoms with van der Waals surface area (Å²) in [6.07, 6.45) is 5.70. The number of nitrogens with zero attached hydrogens (tertiary/aromatic N) is 4. The van der Waals surface area contributed by atoms with Crippen molar-refractivity contribution in [1.82, 2.24) is 0 Å². The number of ether oxygens (including phenoxy) is 2. The van der Waals surface area contributed by atoms with Crippen LogP contribution in [0.5, 0.6) is 11.5 Å². The smallest absolute Gasteiger partial charge is 0.190 e. The van der Waals surface area contributed by atoms with Crippen LogP contribution >= 0.6 is 23.2 Å². The number of oxime groups is 2. The lowest BCUT2D eigenvalue weighted by Gasteiger charge is -2.17. The summed E-state index contributed by atoms with van der Waals surface area (Å²) in [5.74, 6) is 0.366. The molecule has 0 aliphatic rings. The molecule has 0 bridgehead atoms. The lowest BCUT2D eigenvalue weighted by Crippen LogP contribution is -2.05. The normalized spacial score (nSPS) is 11.4. The quantitative estimate of drug-likeness (QED) is 0.162. The van der Waals surface area contributed by atoms with Crippen molar-refractivity contribution in [2.75, 3.05) is 14.2 Å². The molecule has 2 aromatic rings. The van der Waals surface area contributed by atoms with E-state index < -0.39 is 0 Å². The summed E-state index contributed by atoms with van der Waals surface area (Å²) in [5.41, 5.74) is 1.72. The topological polar surface area (TPSA) is 131 Å². The minimum absolute atomic E-state index is 0.183. The molecule has 0 saturated heterocycles. The molecule has 8 nitrogen and oxygen atoms in total. The first-order chi connectivity index (χ1) is 16.9. The van der Waals surface area contributed by atoms with Gasteiger partial charge in [-0.25, -0.2) is 0 Å². The molecule has 0 fully saturated rings. The maximum absolute atomic E-state index is 9.43. The average Bonchev–Trinajstić information content (AvgIpc) is 2.85. The molecule has 35 heavy (non-hydrogen) atoms. The van der Waals surface area contributed by atoms with Crippen molar-refractivity contribution in [1.29, 1.82) is 10.5 Å². The van der Waals surface area contributed by atoms with Gasteiger partial charge in [0.2, 0.25) is 0 Å². The van der Waals surface area contributed by atoms with Gasteiger partial charge in [0.15, 0.2) is 11.4 Å². The molecule has 0 aliphatic heterocycles. The number of hydrogen-bond acceptors (Lipinski definition) is 8. The van der Waals surface area contributed by atoms with Crippen LogP contribution in [-0.2, 0) is 0 Å². The molecule has 0 aliphatic carbocycles. The number of methoxy groups -OCH3 is 2. The third kappa shape index (κ3) is 6.24. The number of nitriles is 2. The maximum atomic E-state index is 9.43. The Morgan fingerprint density at radius 1 is 0.886 bits per heavy atom. The van der Waals surface area contributed by atoms with E-state index in [9.17, 15) is 20.9 Å². The first-order valence-electron chi connectivity index (χ1n) is 10.6. The van der Waals surface area contributed by atoms with Gasteiger partial charge in [0.05, 0.1) is 35.4 Å². The largest absolute Gasteiger partial charge is 0.494 e. The van der Waals surface area contributed by atoms with Gasteiger partial charge in [-0.05, 0) is 53.8 Å². The molecule has 0 spiro atoms. The predicted octanol–water partition coefficient (Wildman–Crippen LogP) is 6.43. The molecule has 0 aromatic heterocycles. The molecule has 0 heterocycles. The van der Waals surface area contributed by atoms with E-state index in [1.807, 2.05) is 18.2 Å². The number of halogens is 2. The van der Waals surface area contributed by atoms with Crippen LogP contribution in [-0.4, -0.2) is 36.1 Å². The van der Waals surface area contributed by atoms with Crippen molar-refractivity contribution < 1.29 is 19.9 Å². The van der Waals surface area contributed by atoms with E-state index in [1.54, 1.807) is 24.3 Å². The summed E-state index contributed by atoms with van der Waals surface area (Å²) in [4.78, 5) is 0. The summed E-state index contributed by atoms with van der Waals surface area (Å²) in [7, 11) is 2.79. The number of hydrogen-bond donors (Lipinski definition) is 2. The summed E-state index contributed by atoms with van der Waals surface area (Å²) >= 11 is 12.9. The zero-order valence-corrected chi connectivity index (χ0v) is 21.0. The van der Waals surface area contributed by atoms with Crippen LogP contribution in [0.3, 0.4) is 0 Å². The number of unbranched alkanes of at least 4 members (excludes halogenated alkanes) is 3. The van der Waals surface area contributed by atoms with Gasteiger partial charge in [-0.15, -0.1) is 0 Å². The minimum atomic E-state index is -0.274. The molecule has 2 N–H and O–H groups in total. The second kappa shape index (κ2) is 13.2. The van der Waals surface area contributed by atoms with Gasteiger partial charge in [-0.2, -0.15) is 10.5 Å². The van der Waals surface area contributed by atoms with Crippen LogP contribution < -0.4 is 9.47 Å². The summed E-state index contributed by atoms with van der Waals surface area (Å²) in [6.45, 7) is 2.10. The Kier molecular flexibility index (Phi) is 10.4. The first kappa shape index (κ1) is 27.5. The van der Waals surface area contributed by atoms with E-state index in [0.717, 1.165) is 25.7 Å². The summed E-state index contributed by atoms with van der Waals surface area (Å²) in [6, 6.07) is 10.2. The SMILES string of the molecule is CCCCCC=C(c1cc(Cl)c(OC)c(/C(C#N)=N/O)c1)c1cc(Cl)c(OC)c(/C(C#N)=N/O)c1. The van der Waals surface area contributed by atoms with Gasteiger partial charge < -0.3 is 19.9 Å². The molecular formula is C25H24Cl2N4O4. The fraction of sp³-hybridized carbons (Fsp3) is 0.280. The molecule has 0 atom stereocenters. The predicted molar refractivity (Wildman–Crippen MR) is 135 cm³/mol. The summed E-state index contributed by atoms with van der Waals surface area (Å²) in [5, 5.41) is 44.1. The van der Waals surface area contributed by atoms with Crippen LogP contribution in [0.2, 0.25) is 10.0 Å². The summed E-state index contributed by atoms with van der Waals surface area (Å²) < 4.78 is 10.7. The van der Waals surface area contributed by atoms with Gasteiger partial charge in [-0.3, -0.25) is 0 Å². The Balaban J connectivity index is 2.86. The highest BCUT2D eigenvalue weighted by Gasteiger charge is 2.21. The van der Waals surface area contributed by atoms with Gasteiger partial charge in [-0.1, -0.05) is 59.4 Å². The van der Waals surface area contributed by atoms with E-state index >= 15 is 0 Å². The molecule has 182 valence electrons. The highest BCUT2D eigenvalue weighted by molar-refractivity contribution is 6.34. The molecule has 0 saturated carbocycles. The van der Waals surface area contributed by atoms with Crippen LogP contribution in [0.25, 0.3) is 5.57 Å². The highest BCUT2D eigenvalue weighted by atomic mass is 35.5. The molecular weight excluding hydrogens is 491 g/mol. The molecule has 2 aromatic carbocycles. The van der Waals surface area contributed by atoms with Gasteiger partial charge in [0.25, 0.3) is 0 Å². The maximum Gasteiger partial charge on any atom is 0.190 e. The van der Waals surface area contributed by atoms with Crippen LogP contribution in [0, 0.1) is 22.7 Å². The van der Waals surface area contributed by atoms with Crippen molar-refractivity contribution in [2.24, 2.45) is 10.3 Å². The van der Waals surface area contributed by atoms with Gasteiger partial charge in [0.1, 0.15) is 23.6 Å². The molecule has 2 rings (SSSR count). The monoisotopic (exact) mass is 514 g/mol. The average molecular weight is 515 g/mol. The minimum Gasteiger partial charge on any atom is -0.494 e. The Labute approximate surface area is 213 Å². The number of benzene rings is 2.